The molecule has 2 N–H and O–H groups in total. The Labute approximate surface area is 57.8 Å². The molecule has 0 aromatic heterocycles. The molecular formula is C6H8O4. The number of hydrogen-bond donors (Lipinski definition) is 2. The maximum atomic E-state index is 10.4. The minimum Gasteiger partial charge on any atom is -0.478 e. The summed E-state index contributed by atoms with van der Waals surface area (Å²) in [5.74, 6) is -1.55. The molecule has 0 saturated heterocycles. The number of carbonyl (C=O) groups excluding carboxylic acids is 1. The molecule has 0 heterocycles. The van der Waals surface area contributed by atoms with E-state index in [9.17, 15) is 9.59 Å². The van der Waals surface area contributed by atoms with Gasteiger partial charge in [0, 0.05) is 12.5 Å². The first-order valence-electron chi connectivity index (χ1n) is 2.71. The number of carboxylic acids is 1. The smallest absolute Gasteiger partial charge is 0.328 e. The molecule has 0 amide bonds. The highest BCUT2D eigenvalue weighted by atomic mass is 16.4. The van der Waals surface area contributed by atoms with Gasteiger partial charge in [0.15, 0.2) is 5.78 Å². The maximum Gasteiger partial charge on any atom is 0.328 e. The predicted molar refractivity (Wildman–Crippen MR) is 33.5 cm³/mol. The van der Waals surface area contributed by atoms with Gasteiger partial charge in [-0.15, -0.1) is 0 Å². The van der Waals surface area contributed by atoms with E-state index in [1.807, 2.05) is 0 Å². The van der Waals surface area contributed by atoms with Crippen molar-refractivity contribution in [1.82, 2.24) is 0 Å². The Morgan fingerprint density at radius 1 is 1.30 bits per heavy atom. The Hall–Kier alpha value is -1.16. The number of carboxylic acid groups (broad SMARTS) is 1. The van der Waals surface area contributed by atoms with Crippen LogP contribution in [-0.4, -0.2) is 28.6 Å². The first-order chi connectivity index (χ1) is 4.66. The van der Waals surface area contributed by atoms with Crippen LogP contribution in [0.4, 0.5) is 0 Å². The van der Waals surface area contributed by atoms with E-state index in [1.54, 1.807) is 0 Å². The Bertz CT molecular complexity index is 159. The Morgan fingerprint density at radius 2 is 1.90 bits per heavy atom. The lowest BCUT2D eigenvalue weighted by Gasteiger charge is -1.85. The SMILES string of the molecule is O=C(O)/C=C/C(=O)CCO. The van der Waals surface area contributed by atoms with Crippen LogP contribution in [0.25, 0.3) is 0 Å². The minimum atomic E-state index is -1.16. The van der Waals surface area contributed by atoms with Gasteiger partial charge >= 0.3 is 5.97 Å². The van der Waals surface area contributed by atoms with Crippen LogP contribution in [0.15, 0.2) is 12.2 Å². The number of hydrogen-bond acceptors (Lipinski definition) is 3. The molecule has 10 heavy (non-hydrogen) atoms. The number of carbonyl (C=O) groups is 2. The lowest BCUT2D eigenvalue weighted by atomic mass is 10.3. The second kappa shape index (κ2) is 4.69. The summed E-state index contributed by atoms with van der Waals surface area (Å²) in [5, 5.41) is 16.2. The summed E-state index contributed by atoms with van der Waals surface area (Å²) in [6.07, 6.45) is 1.65. The van der Waals surface area contributed by atoms with Crippen LogP contribution >= 0.6 is 0 Å². The van der Waals surface area contributed by atoms with Crippen LogP contribution in [0, 0.1) is 0 Å². The third-order valence-electron chi connectivity index (χ3n) is 0.770. The summed E-state index contributed by atoms with van der Waals surface area (Å²) in [5.41, 5.74) is 0. The quantitative estimate of drug-likeness (QED) is 0.525. The summed E-state index contributed by atoms with van der Waals surface area (Å²) in [6, 6.07) is 0. The van der Waals surface area contributed by atoms with Crippen molar-refractivity contribution in [3.05, 3.63) is 12.2 Å². The molecule has 0 aromatic carbocycles. The van der Waals surface area contributed by atoms with Gasteiger partial charge in [-0.05, 0) is 6.08 Å². The van der Waals surface area contributed by atoms with E-state index in [1.165, 1.54) is 0 Å². The summed E-state index contributed by atoms with van der Waals surface area (Å²) in [4.78, 5) is 20.2. The fourth-order valence-corrected chi connectivity index (χ4v) is 0.358. The fourth-order valence-electron chi connectivity index (χ4n) is 0.358. The van der Waals surface area contributed by atoms with Gasteiger partial charge in [0.25, 0.3) is 0 Å². The monoisotopic (exact) mass is 144 g/mol. The van der Waals surface area contributed by atoms with Crippen LogP contribution in [0.3, 0.4) is 0 Å². The van der Waals surface area contributed by atoms with Crippen molar-refractivity contribution < 1.29 is 19.8 Å². The first kappa shape index (κ1) is 8.84. The van der Waals surface area contributed by atoms with Gasteiger partial charge in [0.2, 0.25) is 0 Å². The molecule has 0 spiro atoms. The molecule has 56 valence electrons. The average molecular weight is 144 g/mol. The Balaban J connectivity index is 3.67. The van der Waals surface area contributed by atoms with Gasteiger partial charge in [0.05, 0.1) is 6.61 Å². The number of aliphatic carboxylic acids is 1. The van der Waals surface area contributed by atoms with E-state index in [0.717, 1.165) is 12.2 Å². The van der Waals surface area contributed by atoms with E-state index < -0.39 is 5.97 Å². The molecule has 0 saturated carbocycles. The molecule has 0 bridgehead atoms. The van der Waals surface area contributed by atoms with Crippen molar-refractivity contribution in [2.75, 3.05) is 6.61 Å². The second-order valence-corrected chi connectivity index (χ2v) is 1.61. The van der Waals surface area contributed by atoms with E-state index in [2.05, 4.69) is 0 Å². The van der Waals surface area contributed by atoms with E-state index >= 15 is 0 Å². The number of ketones is 1. The third kappa shape index (κ3) is 4.99. The highest BCUT2D eigenvalue weighted by molar-refractivity contribution is 5.95. The average Bonchev–Trinajstić information content (AvgIpc) is 1.85. The standard InChI is InChI=1S/C6H8O4/c7-4-3-5(8)1-2-6(9)10/h1-2,7H,3-4H2,(H,9,10)/b2-1+. The molecule has 0 aliphatic rings. The zero-order chi connectivity index (χ0) is 7.98. The van der Waals surface area contributed by atoms with Crippen molar-refractivity contribution >= 4 is 11.8 Å². The molecule has 0 atom stereocenters. The summed E-state index contributed by atoms with van der Waals surface area (Å²) in [6.45, 7) is -0.247. The number of aliphatic hydroxyl groups excluding tert-OH is 1. The highest BCUT2D eigenvalue weighted by Crippen LogP contribution is 1.83. The normalized spacial score (nSPS) is 10.1. The molecule has 0 aliphatic heterocycles. The van der Waals surface area contributed by atoms with Crippen molar-refractivity contribution in [3.8, 4) is 0 Å². The molecule has 0 unspecified atom stereocenters. The zero-order valence-corrected chi connectivity index (χ0v) is 5.28. The van der Waals surface area contributed by atoms with Crippen molar-refractivity contribution in [2.24, 2.45) is 0 Å². The van der Waals surface area contributed by atoms with Crippen molar-refractivity contribution in [1.29, 1.82) is 0 Å². The van der Waals surface area contributed by atoms with E-state index in [0.29, 0.717) is 0 Å². The number of allylic oxidation sites excluding steroid dienone is 1. The molecule has 4 heteroatoms. The van der Waals surface area contributed by atoms with Crippen LogP contribution in [0.1, 0.15) is 6.42 Å². The lowest BCUT2D eigenvalue weighted by Crippen LogP contribution is -1.97. The fraction of sp³-hybridized carbons (Fsp3) is 0.333. The van der Waals surface area contributed by atoms with Crippen molar-refractivity contribution in [2.45, 2.75) is 6.42 Å². The van der Waals surface area contributed by atoms with E-state index in [4.69, 9.17) is 10.2 Å². The van der Waals surface area contributed by atoms with Gasteiger partial charge in [0.1, 0.15) is 0 Å². The Kier molecular flexibility index (Phi) is 4.15. The Morgan fingerprint density at radius 3 is 2.30 bits per heavy atom. The van der Waals surface area contributed by atoms with Gasteiger partial charge in [-0.3, -0.25) is 4.79 Å². The molecule has 0 radical (unpaired) electrons. The van der Waals surface area contributed by atoms with Gasteiger partial charge in [-0.1, -0.05) is 0 Å². The van der Waals surface area contributed by atoms with Crippen LogP contribution < -0.4 is 0 Å². The molecule has 0 fully saturated rings. The van der Waals surface area contributed by atoms with Crippen LogP contribution in [-0.2, 0) is 9.59 Å². The molecule has 4 nitrogen and oxygen atoms in total. The first-order valence-corrected chi connectivity index (χ1v) is 2.71. The van der Waals surface area contributed by atoms with Gasteiger partial charge < -0.3 is 10.2 Å². The van der Waals surface area contributed by atoms with Crippen LogP contribution in [0.2, 0.25) is 0 Å². The molecule has 0 rings (SSSR count). The summed E-state index contributed by atoms with van der Waals surface area (Å²) >= 11 is 0. The predicted octanol–water partition coefficient (Wildman–Crippen LogP) is -0.421. The van der Waals surface area contributed by atoms with Crippen molar-refractivity contribution in [3.63, 3.8) is 0 Å². The largest absolute Gasteiger partial charge is 0.478 e. The minimum absolute atomic E-state index is 0.0240. The van der Waals surface area contributed by atoms with E-state index in [-0.39, 0.29) is 18.8 Å². The van der Waals surface area contributed by atoms with Gasteiger partial charge in [-0.25, -0.2) is 4.79 Å². The number of rotatable bonds is 4. The third-order valence-corrected chi connectivity index (χ3v) is 0.770. The maximum absolute atomic E-state index is 10.4. The molecule has 0 aliphatic carbocycles. The number of aliphatic hydroxyl groups is 1. The lowest BCUT2D eigenvalue weighted by molar-refractivity contribution is -0.131. The zero-order valence-electron chi connectivity index (χ0n) is 5.28. The summed E-state index contributed by atoms with van der Waals surface area (Å²) in [7, 11) is 0. The molecule has 0 aromatic rings. The topological polar surface area (TPSA) is 74.6 Å². The highest BCUT2D eigenvalue weighted by Gasteiger charge is 1.94. The van der Waals surface area contributed by atoms with Crippen LogP contribution in [0.5, 0.6) is 0 Å². The molecular weight excluding hydrogens is 136 g/mol. The second-order valence-electron chi connectivity index (χ2n) is 1.61. The summed E-state index contributed by atoms with van der Waals surface area (Å²) < 4.78 is 0. The van der Waals surface area contributed by atoms with Gasteiger partial charge in [-0.2, -0.15) is 0 Å².